The predicted molar refractivity (Wildman–Crippen MR) is 116 cm³/mol. The average Bonchev–Trinajstić information content (AvgIpc) is 2.75. The lowest BCUT2D eigenvalue weighted by Crippen LogP contribution is -2.21. The number of carbonyl (C=O) groups excluding carboxylic acids is 1. The van der Waals surface area contributed by atoms with Crippen molar-refractivity contribution in [1.29, 1.82) is 0 Å². The number of hydrogen-bond donors (Lipinski definition) is 0. The van der Waals surface area contributed by atoms with Crippen molar-refractivity contribution in [2.75, 3.05) is 7.11 Å². The highest BCUT2D eigenvalue weighted by Crippen LogP contribution is 2.18. The monoisotopic (exact) mass is 382 g/mol. The van der Waals surface area contributed by atoms with Crippen LogP contribution in [0.1, 0.15) is 21.6 Å². The zero-order valence-corrected chi connectivity index (χ0v) is 16.3. The molecule has 0 aliphatic carbocycles. The Morgan fingerprint density at radius 3 is 2.66 bits per heavy atom. The Kier molecular flexibility index (Phi) is 5.00. The van der Waals surface area contributed by atoms with Crippen LogP contribution in [0.5, 0.6) is 5.75 Å². The van der Waals surface area contributed by atoms with Crippen LogP contribution < -0.4 is 15.8 Å². The summed E-state index contributed by atoms with van der Waals surface area (Å²) in [5, 5.41) is 0.508. The molecule has 0 N–H and O–H groups in total. The molecule has 0 fully saturated rings. The molecule has 142 valence electrons. The van der Waals surface area contributed by atoms with E-state index in [1.54, 1.807) is 49.7 Å². The van der Waals surface area contributed by atoms with Gasteiger partial charge in [-0.05, 0) is 35.9 Å². The van der Waals surface area contributed by atoms with Gasteiger partial charge in [0.1, 0.15) is 5.75 Å². The van der Waals surface area contributed by atoms with Gasteiger partial charge < -0.3 is 9.30 Å². The Morgan fingerprint density at radius 2 is 1.86 bits per heavy atom. The van der Waals surface area contributed by atoms with Crippen LogP contribution in [-0.2, 0) is 6.54 Å². The molecule has 0 amide bonds. The summed E-state index contributed by atoms with van der Waals surface area (Å²) in [5.74, 6) is 0.242. The van der Waals surface area contributed by atoms with Crippen molar-refractivity contribution in [2.45, 2.75) is 6.54 Å². The summed E-state index contributed by atoms with van der Waals surface area (Å²) < 4.78 is 7.12. The standard InChI is InChI=1S/C23H19BN2O3/c1-29-17-8-4-6-15(12-17)22(27)19-14-26(13-16-7-5-11-21(24)25-16)20-10-3-2-9-18(20)23(19)28/h2-12,14H,13,24H2,1H3. The maximum Gasteiger partial charge on any atom is 0.200 e. The van der Waals surface area contributed by atoms with Crippen LogP contribution in [-0.4, -0.2) is 30.3 Å². The molecule has 0 atom stereocenters. The summed E-state index contributed by atoms with van der Waals surface area (Å²) in [6, 6.07) is 20.0. The van der Waals surface area contributed by atoms with Crippen LogP contribution in [0.4, 0.5) is 0 Å². The predicted octanol–water partition coefficient (Wildman–Crippen LogP) is 1.94. The fourth-order valence-corrected chi connectivity index (χ4v) is 3.42. The number of ketones is 1. The van der Waals surface area contributed by atoms with Gasteiger partial charge in [0.05, 0.1) is 30.4 Å². The smallest absolute Gasteiger partial charge is 0.200 e. The first-order valence-corrected chi connectivity index (χ1v) is 9.30. The van der Waals surface area contributed by atoms with Crippen molar-refractivity contribution >= 4 is 30.1 Å². The number of aromatic nitrogens is 2. The normalized spacial score (nSPS) is 10.8. The van der Waals surface area contributed by atoms with E-state index in [0.29, 0.717) is 23.2 Å². The van der Waals surface area contributed by atoms with Gasteiger partial charge in [0.15, 0.2) is 13.6 Å². The molecule has 6 heteroatoms. The van der Waals surface area contributed by atoms with E-state index in [0.717, 1.165) is 16.8 Å². The SMILES string of the molecule is Bc1cccc(Cn2cc(C(=O)c3cccc(OC)c3)c(=O)c3ccccc32)n1. The summed E-state index contributed by atoms with van der Waals surface area (Å²) in [6.07, 6.45) is 1.64. The van der Waals surface area contributed by atoms with Crippen molar-refractivity contribution in [2.24, 2.45) is 0 Å². The maximum atomic E-state index is 13.2. The molecule has 2 aromatic carbocycles. The molecular formula is C23H19BN2O3. The number of nitrogens with zero attached hydrogens (tertiary/aromatic N) is 2. The zero-order chi connectivity index (χ0) is 20.4. The molecule has 2 aromatic heterocycles. The van der Waals surface area contributed by atoms with Crippen LogP contribution in [0.25, 0.3) is 10.9 Å². The van der Waals surface area contributed by atoms with Gasteiger partial charge in [0, 0.05) is 17.1 Å². The van der Waals surface area contributed by atoms with Crippen molar-refractivity contribution in [3.63, 3.8) is 0 Å². The molecule has 0 spiro atoms. The summed E-state index contributed by atoms with van der Waals surface area (Å²) >= 11 is 0. The van der Waals surface area contributed by atoms with Crippen LogP contribution in [0.3, 0.4) is 0 Å². The minimum Gasteiger partial charge on any atom is -0.497 e. The maximum absolute atomic E-state index is 13.2. The molecule has 0 unspecified atom stereocenters. The van der Waals surface area contributed by atoms with E-state index in [1.165, 1.54) is 0 Å². The minimum absolute atomic E-state index is 0.129. The molecule has 0 saturated carbocycles. The van der Waals surface area contributed by atoms with Crippen molar-refractivity contribution in [3.05, 3.63) is 100.0 Å². The van der Waals surface area contributed by atoms with Crippen LogP contribution in [0, 0.1) is 0 Å². The zero-order valence-electron chi connectivity index (χ0n) is 16.3. The van der Waals surface area contributed by atoms with E-state index in [4.69, 9.17) is 4.74 Å². The highest BCUT2D eigenvalue weighted by molar-refractivity contribution is 6.30. The quantitative estimate of drug-likeness (QED) is 0.391. The first-order chi connectivity index (χ1) is 14.1. The molecule has 0 aliphatic heterocycles. The number of hydrogen-bond acceptors (Lipinski definition) is 4. The van der Waals surface area contributed by atoms with E-state index >= 15 is 0 Å². The van der Waals surface area contributed by atoms with Gasteiger partial charge in [0.25, 0.3) is 0 Å². The minimum atomic E-state index is -0.328. The van der Waals surface area contributed by atoms with Gasteiger partial charge >= 0.3 is 0 Å². The van der Waals surface area contributed by atoms with Crippen LogP contribution in [0.2, 0.25) is 0 Å². The van der Waals surface area contributed by atoms with Gasteiger partial charge in [-0.2, -0.15) is 0 Å². The lowest BCUT2D eigenvalue weighted by molar-refractivity contribution is 0.103. The third-order valence-corrected chi connectivity index (χ3v) is 4.84. The molecule has 0 radical (unpaired) electrons. The van der Waals surface area contributed by atoms with E-state index < -0.39 is 0 Å². The molecule has 4 rings (SSSR count). The fraction of sp³-hybridized carbons (Fsp3) is 0.0870. The second-order valence-electron chi connectivity index (χ2n) is 6.85. The second kappa shape index (κ2) is 7.76. The Morgan fingerprint density at radius 1 is 1.07 bits per heavy atom. The number of para-hydroxylation sites is 1. The number of rotatable bonds is 5. The van der Waals surface area contributed by atoms with Crippen molar-refractivity contribution < 1.29 is 9.53 Å². The van der Waals surface area contributed by atoms with Crippen LogP contribution >= 0.6 is 0 Å². The van der Waals surface area contributed by atoms with Crippen molar-refractivity contribution in [3.8, 4) is 5.75 Å². The number of ether oxygens (including phenoxy) is 1. The molecule has 0 bridgehead atoms. The first kappa shape index (κ1) is 18.7. The van der Waals surface area contributed by atoms with E-state index in [9.17, 15) is 9.59 Å². The first-order valence-electron chi connectivity index (χ1n) is 9.30. The molecule has 5 nitrogen and oxygen atoms in total. The molecule has 0 aliphatic rings. The molecule has 0 saturated heterocycles. The molecule has 2 heterocycles. The molecular weight excluding hydrogens is 363 g/mol. The van der Waals surface area contributed by atoms with E-state index in [1.807, 2.05) is 42.7 Å². The topological polar surface area (TPSA) is 61.2 Å². The third kappa shape index (κ3) is 3.69. The summed E-state index contributed by atoms with van der Waals surface area (Å²) in [5.41, 5.74) is 2.81. The van der Waals surface area contributed by atoms with Gasteiger partial charge in [-0.1, -0.05) is 36.4 Å². The lowest BCUT2D eigenvalue weighted by atomic mass is 10.0. The van der Waals surface area contributed by atoms with Gasteiger partial charge in [0.2, 0.25) is 5.43 Å². The van der Waals surface area contributed by atoms with E-state index in [-0.39, 0.29) is 16.8 Å². The van der Waals surface area contributed by atoms with E-state index in [2.05, 4.69) is 4.98 Å². The summed E-state index contributed by atoms with van der Waals surface area (Å²) in [4.78, 5) is 30.8. The van der Waals surface area contributed by atoms with Crippen molar-refractivity contribution in [1.82, 2.24) is 9.55 Å². The van der Waals surface area contributed by atoms with Gasteiger partial charge in [-0.25, -0.2) is 0 Å². The Balaban J connectivity index is 1.87. The Labute approximate surface area is 169 Å². The number of pyridine rings is 2. The largest absolute Gasteiger partial charge is 0.497 e. The van der Waals surface area contributed by atoms with Gasteiger partial charge in [-0.15, -0.1) is 0 Å². The molecule has 4 aromatic rings. The highest BCUT2D eigenvalue weighted by atomic mass is 16.5. The highest BCUT2D eigenvalue weighted by Gasteiger charge is 2.18. The summed E-state index contributed by atoms with van der Waals surface area (Å²) in [7, 11) is 3.48. The fourth-order valence-electron chi connectivity index (χ4n) is 3.42. The van der Waals surface area contributed by atoms with Crippen LogP contribution in [0.15, 0.2) is 77.7 Å². The summed E-state index contributed by atoms with van der Waals surface area (Å²) in [6.45, 7) is 0.459. The number of fused-ring (bicyclic) bond motifs is 1. The molecule has 29 heavy (non-hydrogen) atoms. The second-order valence-corrected chi connectivity index (χ2v) is 6.85. The lowest BCUT2D eigenvalue weighted by Gasteiger charge is -2.13. The average molecular weight is 382 g/mol. The Hall–Kier alpha value is -3.67. The van der Waals surface area contributed by atoms with Gasteiger partial charge in [-0.3, -0.25) is 14.6 Å². The number of benzene rings is 2. The third-order valence-electron chi connectivity index (χ3n) is 4.84. The number of methoxy groups -OCH3 is 1. The number of carbonyl (C=O) groups is 1. The Bertz CT molecular complexity index is 1280.